The topological polar surface area (TPSA) is 38.3 Å². The van der Waals surface area contributed by atoms with E-state index in [2.05, 4.69) is 11.9 Å². The normalized spacial score (nSPS) is 11.6. The van der Waals surface area contributed by atoms with E-state index in [0.717, 1.165) is 12.1 Å². The highest BCUT2D eigenvalue weighted by molar-refractivity contribution is 5.79. The predicted octanol–water partition coefficient (Wildman–Crippen LogP) is 3.00. The number of anilines is 1. The van der Waals surface area contributed by atoms with Crippen LogP contribution < -0.4 is 5.32 Å². The average molecular weight is 233 g/mol. The summed E-state index contributed by atoms with van der Waals surface area (Å²) in [5, 5.41) is 3.18. The Labute approximate surface area is 102 Å². The number of ether oxygens (including phenoxy) is 1. The summed E-state index contributed by atoms with van der Waals surface area (Å²) in [7, 11) is 0. The predicted molar refractivity (Wildman–Crippen MR) is 69.9 cm³/mol. The Hall–Kier alpha value is -1.77. The van der Waals surface area contributed by atoms with Crippen LogP contribution in [0.3, 0.4) is 0 Å². The fourth-order valence-electron chi connectivity index (χ4n) is 1.51. The fraction of sp³-hybridized carbons (Fsp3) is 0.357. The molecule has 0 saturated carbocycles. The fourth-order valence-corrected chi connectivity index (χ4v) is 1.51. The Balaban J connectivity index is 2.62. The van der Waals surface area contributed by atoms with E-state index in [1.807, 2.05) is 37.3 Å². The summed E-state index contributed by atoms with van der Waals surface area (Å²) in [6.45, 7) is 5.88. The molecule has 0 saturated heterocycles. The minimum Gasteiger partial charge on any atom is -0.464 e. The van der Waals surface area contributed by atoms with E-state index >= 15 is 0 Å². The standard InChI is InChI=1S/C14H19NO2/c1-3-5-11-13(14(16)17-4-2)15-12-9-7-6-8-10-12/h3,6-10,13,15H,1,4-5,11H2,2H3. The Morgan fingerprint density at radius 1 is 1.47 bits per heavy atom. The van der Waals surface area contributed by atoms with Gasteiger partial charge in [-0.15, -0.1) is 6.58 Å². The number of benzene rings is 1. The van der Waals surface area contributed by atoms with Gasteiger partial charge in [-0.25, -0.2) is 4.79 Å². The first kappa shape index (κ1) is 13.3. The molecule has 0 aliphatic carbocycles. The van der Waals surface area contributed by atoms with E-state index in [4.69, 9.17) is 4.74 Å². The first-order valence-electron chi connectivity index (χ1n) is 5.87. The summed E-state index contributed by atoms with van der Waals surface area (Å²) in [5.41, 5.74) is 0.926. The SMILES string of the molecule is C=CCCC(Nc1ccccc1)C(=O)OCC. The second-order valence-electron chi connectivity index (χ2n) is 3.68. The van der Waals surface area contributed by atoms with Crippen molar-refractivity contribution in [2.45, 2.75) is 25.8 Å². The number of nitrogens with one attached hydrogen (secondary N) is 1. The summed E-state index contributed by atoms with van der Waals surface area (Å²) >= 11 is 0. The number of rotatable bonds is 7. The molecule has 92 valence electrons. The van der Waals surface area contributed by atoms with Crippen molar-refractivity contribution in [1.82, 2.24) is 0 Å². The number of allylic oxidation sites excluding steroid dienone is 1. The molecule has 0 aliphatic heterocycles. The van der Waals surface area contributed by atoms with Crippen LogP contribution in [-0.4, -0.2) is 18.6 Å². The van der Waals surface area contributed by atoms with Gasteiger partial charge in [-0.1, -0.05) is 24.3 Å². The molecule has 0 aromatic heterocycles. The van der Waals surface area contributed by atoms with Crippen LogP contribution in [0.25, 0.3) is 0 Å². The monoisotopic (exact) mass is 233 g/mol. The molecule has 17 heavy (non-hydrogen) atoms. The smallest absolute Gasteiger partial charge is 0.328 e. The minimum absolute atomic E-state index is 0.210. The van der Waals surface area contributed by atoms with Crippen LogP contribution in [0.15, 0.2) is 43.0 Å². The first-order valence-corrected chi connectivity index (χ1v) is 5.87. The van der Waals surface area contributed by atoms with Crippen molar-refractivity contribution in [2.24, 2.45) is 0 Å². The zero-order valence-corrected chi connectivity index (χ0v) is 10.2. The average Bonchev–Trinajstić information content (AvgIpc) is 2.36. The highest BCUT2D eigenvalue weighted by atomic mass is 16.5. The third-order valence-electron chi connectivity index (χ3n) is 2.35. The second kappa shape index (κ2) is 7.49. The molecule has 1 unspecified atom stereocenters. The zero-order valence-electron chi connectivity index (χ0n) is 10.2. The van der Waals surface area contributed by atoms with Gasteiger partial charge in [-0.2, -0.15) is 0 Å². The third-order valence-corrected chi connectivity index (χ3v) is 2.35. The number of esters is 1. The van der Waals surface area contributed by atoms with Crippen molar-refractivity contribution in [1.29, 1.82) is 0 Å². The molecule has 3 nitrogen and oxygen atoms in total. The highest BCUT2D eigenvalue weighted by Gasteiger charge is 2.18. The Bertz CT molecular complexity index is 348. The van der Waals surface area contributed by atoms with Gasteiger partial charge >= 0.3 is 5.97 Å². The molecule has 0 heterocycles. The molecule has 1 aromatic carbocycles. The molecule has 1 N–H and O–H groups in total. The first-order chi connectivity index (χ1) is 8.27. The molecule has 0 amide bonds. The molecule has 1 atom stereocenters. The van der Waals surface area contributed by atoms with Crippen LogP contribution in [0.1, 0.15) is 19.8 Å². The van der Waals surface area contributed by atoms with E-state index in [0.29, 0.717) is 13.0 Å². The van der Waals surface area contributed by atoms with Gasteiger partial charge in [0.2, 0.25) is 0 Å². The number of carbonyl (C=O) groups excluding carboxylic acids is 1. The molecule has 1 rings (SSSR count). The van der Waals surface area contributed by atoms with Crippen molar-refractivity contribution in [2.75, 3.05) is 11.9 Å². The summed E-state index contributed by atoms with van der Waals surface area (Å²) in [6.07, 6.45) is 3.28. The maximum absolute atomic E-state index is 11.7. The van der Waals surface area contributed by atoms with Gasteiger partial charge in [0, 0.05) is 5.69 Å². The largest absolute Gasteiger partial charge is 0.464 e. The van der Waals surface area contributed by atoms with Crippen molar-refractivity contribution in [3.05, 3.63) is 43.0 Å². The highest BCUT2D eigenvalue weighted by Crippen LogP contribution is 2.11. The van der Waals surface area contributed by atoms with E-state index in [1.165, 1.54) is 0 Å². The summed E-state index contributed by atoms with van der Waals surface area (Å²) in [4.78, 5) is 11.7. The van der Waals surface area contributed by atoms with Gasteiger partial charge in [-0.3, -0.25) is 0 Å². The van der Waals surface area contributed by atoms with Crippen molar-refractivity contribution < 1.29 is 9.53 Å². The number of para-hydroxylation sites is 1. The van der Waals surface area contributed by atoms with E-state index in [-0.39, 0.29) is 12.0 Å². The molecular weight excluding hydrogens is 214 g/mol. The molecule has 0 spiro atoms. The maximum Gasteiger partial charge on any atom is 0.328 e. The van der Waals surface area contributed by atoms with Crippen molar-refractivity contribution in [3.8, 4) is 0 Å². The molecule has 3 heteroatoms. The molecule has 0 fully saturated rings. The number of hydrogen-bond donors (Lipinski definition) is 1. The van der Waals surface area contributed by atoms with Crippen LogP contribution in [-0.2, 0) is 9.53 Å². The molecule has 0 radical (unpaired) electrons. The molecule has 1 aromatic rings. The van der Waals surface area contributed by atoms with Crippen LogP contribution in [0, 0.1) is 0 Å². The molecular formula is C14H19NO2. The third kappa shape index (κ3) is 4.72. The number of carbonyl (C=O) groups is 1. The van der Waals surface area contributed by atoms with E-state index < -0.39 is 0 Å². The van der Waals surface area contributed by atoms with Gasteiger partial charge in [0.25, 0.3) is 0 Å². The van der Waals surface area contributed by atoms with Gasteiger partial charge in [0.05, 0.1) is 6.61 Å². The maximum atomic E-state index is 11.7. The zero-order chi connectivity index (χ0) is 12.5. The lowest BCUT2D eigenvalue weighted by molar-refractivity contribution is -0.144. The van der Waals surface area contributed by atoms with Gasteiger partial charge in [-0.05, 0) is 31.9 Å². The number of hydrogen-bond acceptors (Lipinski definition) is 3. The van der Waals surface area contributed by atoms with Gasteiger partial charge < -0.3 is 10.1 Å². The second-order valence-corrected chi connectivity index (χ2v) is 3.68. The van der Waals surface area contributed by atoms with Crippen LogP contribution >= 0.6 is 0 Å². The van der Waals surface area contributed by atoms with Crippen molar-refractivity contribution in [3.63, 3.8) is 0 Å². The van der Waals surface area contributed by atoms with Crippen LogP contribution in [0.5, 0.6) is 0 Å². The lowest BCUT2D eigenvalue weighted by Gasteiger charge is -2.17. The van der Waals surface area contributed by atoms with Crippen LogP contribution in [0.4, 0.5) is 5.69 Å². The quantitative estimate of drug-likeness (QED) is 0.581. The Morgan fingerprint density at radius 2 is 2.18 bits per heavy atom. The summed E-state index contributed by atoms with van der Waals surface area (Å²) < 4.78 is 5.04. The lowest BCUT2D eigenvalue weighted by Crippen LogP contribution is -2.31. The lowest BCUT2D eigenvalue weighted by atomic mass is 10.1. The van der Waals surface area contributed by atoms with E-state index in [9.17, 15) is 4.79 Å². The minimum atomic E-state index is -0.310. The summed E-state index contributed by atoms with van der Waals surface area (Å²) in [6, 6.07) is 9.35. The Kier molecular flexibility index (Phi) is 5.86. The van der Waals surface area contributed by atoms with Gasteiger partial charge in [0.1, 0.15) is 6.04 Å². The summed E-state index contributed by atoms with van der Waals surface area (Å²) in [5.74, 6) is -0.210. The van der Waals surface area contributed by atoms with Crippen LogP contribution in [0.2, 0.25) is 0 Å². The van der Waals surface area contributed by atoms with Crippen molar-refractivity contribution >= 4 is 11.7 Å². The Morgan fingerprint density at radius 3 is 2.76 bits per heavy atom. The van der Waals surface area contributed by atoms with Gasteiger partial charge in [0.15, 0.2) is 0 Å². The molecule has 0 aliphatic rings. The van der Waals surface area contributed by atoms with E-state index in [1.54, 1.807) is 6.08 Å². The molecule has 0 bridgehead atoms.